The van der Waals surface area contributed by atoms with Gasteiger partial charge in [-0.1, -0.05) is 5.21 Å². The van der Waals surface area contributed by atoms with Gasteiger partial charge < -0.3 is 24.7 Å². The van der Waals surface area contributed by atoms with Crippen molar-refractivity contribution in [3.8, 4) is 0 Å². The number of hydrogen-bond acceptors (Lipinski definition) is 9. The molecule has 2 aromatic heterocycles. The van der Waals surface area contributed by atoms with Crippen LogP contribution in [0.4, 0.5) is 0 Å². The Hall–Kier alpha value is -1.73. The predicted molar refractivity (Wildman–Crippen MR) is 69.9 cm³/mol. The maximum Gasteiger partial charge on any atom is 0.469 e. The molecule has 1 aliphatic rings. The largest absolute Gasteiger partial charge is 0.469 e. The lowest BCUT2D eigenvalue weighted by atomic mass is 10.1. The van der Waals surface area contributed by atoms with Gasteiger partial charge in [-0.05, 0) is 0 Å². The van der Waals surface area contributed by atoms with E-state index in [1.165, 1.54) is 10.9 Å². The van der Waals surface area contributed by atoms with Crippen LogP contribution in [0.25, 0.3) is 11.2 Å². The van der Waals surface area contributed by atoms with Crippen LogP contribution in [0.3, 0.4) is 0 Å². The summed E-state index contributed by atoms with van der Waals surface area (Å²) in [5.41, 5.74) is -0.620. The van der Waals surface area contributed by atoms with Gasteiger partial charge in [0.2, 0.25) is 0 Å². The molecule has 13 nitrogen and oxygen atoms in total. The van der Waals surface area contributed by atoms with E-state index in [4.69, 9.17) is 14.5 Å². The summed E-state index contributed by atoms with van der Waals surface area (Å²) >= 11 is 0. The molecule has 0 bridgehead atoms. The summed E-state index contributed by atoms with van der Waals surface area (Å²) in [7, 11) is -4.75. The van der Waals surface area contributed by atoms with Crippen molar-refractivity contribution < 1.29 is 33.8 Å². The van der Waals surface area contributed by atoms with Crippen LogP contribution in [0.1, 0.15) is 6.23 Å². The topological polar surface area (TPSA) is 193 Å². The van der Waals surface area contributed by atoms with Crippen molar-refractivity contribution in [3.05, 3.63) is 16.7 Å². The number of aromatic nitrogens is 5. The highest BCUT2D eigenvalue weighted by Gasteiger charge is 2.45. The lowest BCUT2D eigenvalue weighted by Gasteiger charge is -2.16. The maximum absolute atomic E-state index is 11.5. The fourth-order valence-electron chi connectivity index (χ4n) is 2.24. The minimum atomic E-state index is -4.75. The second kappa shape index (κ2) is 5.72. The van der Waals surface area contributed by atoms with E-state index in [0.29, 0.717) is 0 Å². The van der Waals surface area contributed by atoms with Gasteiger partial charge in [0.15, 0.2) is 17.4 Å². The van der Waals surface area contributed by atoms with E-state index in [2.05, 4.69) is 24.9 Å². The standard InChI is InChI=1S/C9H12N5O8P/c15-5-3(1-21-23(18,19)20)22-9(6(5)16)14-2-10-4-7(14)11-13-12-8(4)17/h2-3,5-6,9,15-16H,1H2,(H,11,12,17)(H2,18,19,20). The number of imidazole rings is 1. The second-order valence-electron chi connectivity index (χ2n) is 4.80. The number of phosphoric acid groups is 1. The molecule has 126 valence electrons. The van der Waals surface area contributed by atoms with Gasteiger partial charge >= 0.3 is 7.82 Å². The van der Waals surface area contributed by atoms with Gasteiger partial charge in [0.05, 0.1) is 12.9 Å². The van der Waals surface area contributed by atoms with Crippen LogP contribution in [-0.4, -0.2) is 69.9 Å². The average Bonchev–Trinajstić information content (AvgIpc) is 3.01. The number of rotatable bonds is 4. The Bertz CT molecular complexity index is 816. The van der Waals surface area contributed by atoms with E-state index in [0.717, 1.165) is 0 Å². The smallest absolute Gasteiger partial charge is 0.387 e. The number of aromatic amines is 1. The molecule has 0 amide bonds. The lowest BCUT2D eigenvalue weighted by molar-refractivity contribution is -0.0504. The third-order valence-electron chi connectivity index (χ3n) is 3.30. The molecule has 14 heteroatoms. The van der Waals surface area contributed by atoms with Gasteiger partial charge in [-0.3, -0.25) is 13.9 Å². The molecule has 2 aromatic rings. The highest BCUT2D eigenvalue weighted by Crippen LogP contribution is 2.38. The number of nitrogens with one attached hydrogen (secondary N) is 1. The molecule has 5 N–H and O–H groups in total. The van der Waals surface area contributed by atoms with Crippen molar-refractivity contribution in [1.82, 2.24) is 25.0 Å². The van der Waals surface area contributed by atoms with Crippen LogP contribution in [0.2, 0.25) is 0 Å². The number of ether oxygens (including phenoxy) is 1. The zero-order valence-corrected chi connectivity index (χ0v) is 12.1. The zero-order valence-electron chi connectivity index (χ0n) is 11.3. The minimum Gasteiger partial charge on any atom is -0.387 e. The summed E-state index contributed by atoms with van der Waals surface area (Å²) in [5, 5.41) is 29.1. The molecule has 0 saturated carbocycles. The summed E-state index contributed by atoms with van der Waals surface area (Å²) in [6.07, 6.45) is -4.15. The van der Waals surface area contributed by atoms with E-state index in [1.807, 2.05) is 0 Å². The molecule has 1 fully saturated rings. The molecule has 3 rings (SSSR count). The number of nitrogens with zero attached hydrogens (tertiary/aromatic N) is 4. The number of aliphatic hydroxyl groups is 2. The van der Waals surface area contributed by atoms with Crippen molar-refractivity contribution in [2.45, 2.75) is 24.5 Å². The Balaban J connectivity index is 1.87. The summed E-state index contributed by atoms with van der Waals surface area (Å²) < 4.78 is 21.5. The van der Waals surface area contributed by atoms with Crippen LogP contribution < -0.4 is 5.56 Å². The SMILES string of the molecule is O=c1[nH]nnc2c1ncn2C1OC(COP(=O)(O)O)C(O)C1O. The third-order valence-corrected chi connectivity index (χ3v) is 3.78. The highest BCUT2D eigenvalue weighted by atomic mass is 31.2. The maximum atomic E-state index is 11.5. The molecule has 0 aromatic carbocycles. The van der Waals surface area contributed by atoms with E-state index in [9.17, 15) is 19.6 Å². The summed E-state index contributed by atoms with van der Waals surface area (Å²) in [6.45, 7) is -0.641. The first-order valence-corrected chi connectivity index (χ1v) is 7.80. The number of H-pyrrole nitrogens is 1. The van der Waals surface area contributed by atoms with Gasteiger partial charge in [-0.2, -0.15) is 0 Å². The number of hydrogen-bond donors (Lipinski definition) is 5. The van der Waals surface area contributed by atoms with Gasteiger partial charge in [0, 0.05) is 0 Å². The van der Waals surface area contributed by atoms with E-state index in [1.54, 1.807) is 0 Å². The first kappa shape index (κ1) is 16.1. The molecule has 0 spiro atoms. The molecule has 1 saturated heterocycles. The van der Waals surface area contributed by atoms with Crippen molar-refractivity contribution in [2.75, 3.05) is 6.61 Å². The van der Waals surface area contributed by atoms with Gasteiger partial charge in [0.1, 0.15) is 18.3 Å². The Morgan fingerprint density at radius 1 is 1.39 bits per heavy atom. The van der Waals surface area contributed by atoms with E-state index >= 15 is 0 Å². The first-order valence-electron chi connectivity index (χ1n) is 6.27. The molecule has 3 heterocycles. The Kier molecular flexibility index (Phi) is 4.01. The summed E-state index contributed by atoms with van der Waals surface area (Å²) in [4.78, 5) is 32.7. The van der Waals surface area contributed by atoms with Crippen molar-refractivity contribution in [3.63, 3.8) is 0 Å². The zero-order chi connectivity index (χ0) is 16.8. The highest BCUT2D eigenvalue weighted by molar-refractivity contribution is 7.46. The first-order chi connectivity index (χ1) is 10.8. The summed E-state index contributed by atoms with van der Waals surface area (Å²) in [5.74, 6) is 0. The van der Waals surface area contributed by atoms with Gasteiger partial charge in [-0.25, -0.2) is 14.6 Å². The van der Waals surface area contributed by atoms with Crippen LogP contribution in [-0.2, 0) is 13.8 Å². The fourth-order valence-corrected chi connectivity index (χ4v) is 2.58. The molecule has 0 radical (unpaired) electrons. The molecular formula is C9H12N5O8P. The van der Waals surface area contributed by atoms with Crippen LogP contribution >= 0.6 is 7.82 Å². The quantitative estimate of drug-likeness (QED) is 0.359. The van der Waals surface area contributed by atoms with Crippen LogP contribution in [0, 0.1) is 0 Å². The number of phosphoric ester groups is 1. The van der Waals surface area contributed by atoms with Crippen LogP contribution in [0.15, 0.2) is 11.1 Å². The normalized spacial score (nSPS) is 28.5. The summed E-state index contributed by atoms with van der Waals surface area (Å²) in [6, 6.07) is 0. The molecule has 4 atom stereocenters. The Morgan fingerprint density at radius 2 is 2.13 bits per heavy atom. The average molecular weight is 349 g/mol. The minimum absolute atomic E-state index is 0.0153. The monoisotopic (exact) mass is 349 g/mol. The van der Waals surface area contributed by atoms with Crippen molar-refractivity contribution in [1.29, 1.82) is 0 Å². The molecule has 0 aliphatic carbocycles. The predicted octanol–water partition coefficient (Wildman–Crippen LogP) is -2.76. The van der Waals surface area contributed by atoms with E-state index < -0.39 is 44.5 Å². The molecule has 4 unspecified atom stereocenters. The Labute approximate surface area is 126 Å². The Morgan fingerprint density at radius 3 is 2.83 bits per heavy atom. The van der Waals surface area contributed by atoms with Crippen molar-refractivity contribution in [2.24, 2.45) is 0 Å². The molecule has 1 aliphatic heterocycles. The van der Waals surface area contributed by atoms with Crippen molar-refractivity contribution >= 4 is 19.0 Å². The fraction of sp³-hybridized carbons (Fsp3) is 0.556. The van der Waals surface area contributed by atoms with Crippen LogP contribution in [0.5, 0.6) is 0 Å². The third kappa shape index (κ3) is 3.03. The second-order valence-corrected chi connectivity index (χ2v) is 6.04. The van der Waals surface area contributed by atoms with Gasteiger partial charge in [-0.15, -0.1) is 5.10 Å². The van der Waals surface area contributed by atoms with E-state index in [-0.39, 0.29) is 11.2 Å². The number of aliphatic hydroxyl groups excluding tert-OH is 2. The molecular weight excluding hydrogens is 337 g/mol. The molecule has 23 heavy (non-hydrogen) atoms. The van der Waals surface area contributed by atoms with Gasteiger partial charge in [0.25, 0.3) is 5.56 Å². The number of fused-ring (bicyclic) bond motifs is 1. The lowest BCUT2D eigenvalue weighted by Crippen LogP contribution is -2.33.